The van der Waals surface area contributed by atoms with Crippen molar-refractivity contribution in [3.8, 4) is 10.6 Å². The highest BCUT2D eigenvalue weighted by Gasteiger charge is 2.10. The quantitative estimate of drug-likeness (QED) is 0.870. The summed E-state index contributed by atoms with van der Waals surface area (Å²) in [5.41, 5.74) is 0.927. The van der Waals surface area contributed by atoms with Gasteiger partial charge in [0.1, 0.15) is 10.0 Å². The molecule has 6 heteroatoms. The molecule has 0 amide bonds. The van der Waals surface area contributed by atoms with Crippen LogP contribution in [-0.4, -0.2) is 22.8 Å². The van der Waals surface area contributed by atoms with Gasteiger partial charge < -0.3 is 5.32 Å². The molecule has 1 N–H and O–H groups in total. The van der Waals surface area contributed by atoms with Crippen LogP contribution in [0.25, 0.3) is 10.6 Å². The highest BCUT2D eigenvalue weighted by atomic mass is 79.9. The van der Waals surface area contributed by atoms with Crippen molar-refractivity contribution >= 4 is 38.9 Å². The van der Waals surface area contributed by atoms with Crippen molar-refractivity contribution in [1.82, 2.24) is 15.5 Å². The van der Waals surface area contributed by atoms with Crippen molar-refractivity contribution in [2.45, 2.75) is 26.3 Å². The Morgan fingerprint density at radius 1 is 1.37 bits per heavy atom. The molecule has 3 nitrogen and oxygen atoms in total. The smallest absolute Gasteiger partial charge is 0.149 e. The lowest BCUT2D eigenvalue weighted by molar-refractivity contribution is 0.588. The normalized spacial score (nSPS) is 11.2. The monoisotopic (exact) mass is 359 g/mol. The molecule has 0 aliphatic heterocycles. The number of rotatable bonds is 5. The molecule has 0 bridgehead atoms. The number of benzene rings is 1. The van der Waals surface area contributed by atoms with Crippen LogP contribution in [0, 0.1) is 0 Å². The summed E-state index contributed by atoms with van der Waals surface area (Å²) in [7, 11) is 0. The summed E-state index contributed by atoms with van der Waals surface area (Å²) < 4.78 is 0.991. The lowest BCUT2D eigenvalue weighted by atomic mass is 10.2. The maximum absolute atomic E-state index is 6.19. The molecule has 2 rings (SSSR count). The van der Waals surface area contributed by atoms with E-state index in [1.54, 1.807) is 11.3 Å². The minimum absolute atomic E-state index is 0.493. The first-order valence-electron chi connectivity index (χ1n) is 6.07. The third kappa shape index (κ3) is 4.24. The molecule has 1 aromatic heterocycles. The summed E-state index contributed by atoms with van der Waals surface area (Å²) >= 11 is 11.2. The van der Waals surface area contributed by atoms with Crippen molar-refractivity contribution < 1.29 is 0 Å². The summed E-state index contributed by atoms with van der Waals surface area (Å²) in [5, 5.41) is 14.4. The van der Waals surface area contributed by atoms with Crippen molar-refractivity contribution in [3.63, 3.8) is 0 Å². The van der Waals surface area contributed by atoms with Crippen molar-refractivity contribution in [1.29, 1.82) is 0 Å². The number of halogens is 2. The second-order valence-electron chi connectivity index (χ2n) is 4.48. The Kier molecular flexibility index (Phi) is 5.33. The minimum atomic E-state index is 0.493. The molecule has 19 heavy (non-hydrogen) atoms. The van der Waals surface area contributed by atoms with Gasteiger partial charge in [-0.2, -0.15) is 0 Å². The van der Waals surface area contributed by atoms with Gasteiger partial charge in [0.25, 0.3) is 0 Å². The standard InChI is InChI=1S/C13H15BrClN3S/c1-8(2)16-6-5-12-17-18-13(19-12)10-7-9(14)3-4-11(10)15/h3-4,7-8,16H,5-6H2,1-2H3. The molecular weight excluding hydrogens is 346 g/mol. The summed E-state index contributed by atoms with van der Waals surface area (Å²) in [5.74, 6) is 0. The maximum Gasteiger partial charge on any atom is 0.149 e. The largest absolute Gasteiger partial charge is 0.314 e. The molecule has 0 atom stereocenters. The van der Waals surface area contributed by atoms with E-state index in [1.807, 2.05) is 18.2 Å². The summed E-state index contributed by atoms with van der Waals surface area (Å²) in [6.07, 6.45) is 0.890. The highest BCUT2D eigenvalue weighted by molar-refractivity contribution is 9.10. The Bertz CT molecular complexity index is 557. The molecule has 1 aromatic carbocycles. The fourth-order valence-corrected chi connectivity index (χ4v) is 3.09. The molecular formula is C13H15BrClN3S. The Balaban J connectivity index is 2.10. The lowest BCUT2D eigenvalue weighted by Gasteiger charge is -2.05. The van der Waals surface area contributed by atoms with E-state index in [2.05, 4.69) is 45.3 Å². The highest BCUT2D eigenvalue weighted by Crippen LogP contribution is 2.32. The first kappa shape index (κ1) is 14.9. The Hall–Kier alpha value is -0.490. The van der Waals surface area contributed by atoms with Gasteiger partial charge in [0.2, 0.25) is 0 Å². The van der Waals surface area contributed by atoms with Crippen LogP contribution in [0.2, 0.25) is 5.02 Å². The maximum atomic E-state index is 6.19. The van der Waals surface area contributed by atoms with Crippen LogP contribution in [0.5, 0.6) is 0 Å². The second-order valence-corrected chi connectivity index (χ2v) is 6.87. The van der Waals surface area contributed by atoms with Gasteiger partial charge in [-0.15, -0.1) is 10.2 Å². The SMILES string of the molecule is CC(C)NCCc1nnc(-c2cc(Br)ccc2Cl)s1. The van der Waals surface area contributed by atoms with Gasteiger partial charge in [-0.1, -0.05) is 52.7 Å². The predicted molar refractivity (Wildman–Crippen MR) is 84.9 cm³/mol. The second kappa shape index (κ2) is 6.79. The zero-order valence-electron chi connectivity index (χ0n) is 10.8. The van der Waals surface area contributed by atoms with E-state index < -0.39 is 0 Å². The molecule has 0 aliphatic rings. The predicted octanol–water partition coefficient (Wildman–Crippen LogP) is 4.16. The van der Waals surface area contributed by atoms with E-state index in [9.17, 15) is 0 Å². The van der Waals surface area contributed by atoms with Gasteiger partial charge in [-0.3, -0.25) is 0 Å². The van der Waals surface area contributed by atoms with Crippen LogP contribution in [0.3, 0.4) is 0 Å². The molecule has 0 aliphatic carbocycles. The Morgan fingerprint density at radius 2 is 2.16 bits per heavy atom. The van der Waals surface area contributed by atoms with E-state index in [4.69, 9.17) is 11.6 Å². The lowest BCUT2D eigenvalue weighted by Crippen LogP contribution is -2.24. The van der Waals surface area contributed by atoms with Crippen LogP contribution >= 0.6 is 38.9 Å². The van der Waals surface area contributed by atoms with Gasteiger partial charge >= 0.3 is 0 Å². The number of hydrogen-bond acceptors (Lipinski definition) is 4. The number of nitrogens with zero attached hydrogens (tertiary/aromatic N) is 2. The minimum Gasteiger partial charge on any atom is -0.314 e. The molecule has 0 saturated heterocycles. The van der Waals surface area contributed by atoms with Crippen LogP contribution in [-0.2, 0) is 6.42 Å². The summed E-state index contributed by atoms with van der Waals surface area (Å²) in [4.78, 5) is 0. The van der Waals surface area contributed by atoms with Gasteiger partial charge in [0.05, 0.1) is 5.02 Å². The van der Waals surface area contributed by atoms with Gasteiger partial charge in [0.15, 0.2) is 0 Å². The average Bonchev–Trinajstić information content (AvgIpc) is 2.80. The molecule has 1 heterocycles. The zero-order valence-corrected chi connectivity index (χ0v) is 13.9. The first-order valence-corrected chi connectivity index (χ1v) is 8.06. The first-order chi connectivity index (χ1) is 9.06. The molecule has 0 unspecified atom stereocenters. The molecule has 0 fully saturated rings. The van der Waals surface area contributed by atoms with Crippen LogP contribution in [0.15, 0.2) is 22.7 Å². The van der Waals surface area contributed by atoms with Gasteiger partial charge in [-0.25, -0.2) is 0 Å². The fourth-order valence-electron chi connectivity index (χ4n) is 1.59. The van der Waals surface area contributed by atoms with E-state index in [0.717, 1.165) is 33.0 Å². The number of hydrogen-bond donors (Lipinski definition) is 1. The molecule has 0 saturated carbocycles. The van der Waals surface area contributed by atoms with Crippen LogP contribution in [0.4, 0.5) is 0 Å². The van der Waals surface area contributed by atoms with E-state index >= 15 is 0 Å². The summed E-state index contributed by atoms with van der Waals surface area (Å²) in [6.45, 7) is 5.18. The Morgan fingerprint density at radius 3 is 2.89 bits per heavy atom. The van der Waals surface area contributed by atoms with Gasteiger partial charge in [0, 0.05) is 29.0 Å². The third-order valence-corrected chi connectivity index (χ3v) is 4.36. The van der Waals surface area contributed by atoms with Crippen molar-refractivity contribution in [2.75, 3.05) is 6.54 Å². The molecule has 0 spiro atoms. The number of nitrogens with one attached hydrogen (secondary N) is 1. The van der Waals surface area contributed by atoms with E-state index in [0.29, 0.717) is 11.1 Å². The van der Waals surface area contributed by atoms with E-state index in [1.165, 1.54) is 0 Å². The fraction of sp³-hybridized carbons (Fsp3) is 0.385. The third-order valence-electron chi connectivity index (χ3n) is 2.52. The van der Waals surface area contributed by atoms with Crippen molar-refractivity contribution in [2.24, 2.45) is 0 Å². The molecule has 2 aromatic rings. The average molecular weight is 361 g/mol. The van der Waals surface area contributed by atoms with Crippen LogP contribution in [0.1, 0.15) is 18.9 Å². The Labute approximate surface area is 130 Å². The van der Waals surface area contributed by atoms with Crippen LogP contribution < -0.4 is 5.32 Å². The topological polar surface area (TPSA) is 37.8 Å². The van der Waals surface area contributed by atoms with Gasteiger partial charge in [-0.05, 0) is 18.2 Å². The molecule has 0 radical (unpaired) electrons. The summed E-state index contributed by atoms with van der Waals surface area (Å²) in [6, 6.07) is 6.24. The van der Waals surface area contributed by atoms with E-state index in [-0.39, 0.29) is 0 Å². The molecule has 102 valence electrons. The zero-order chi connectivity index (χ0) is 13.8. The van der Waals surface area contributed by atoms with Crippen molar-refractivity contribution in [3.05, 3.63) is 32.7 Å². The number of aromatic nitrogens is 2.